The zero-order valence-electron chi connectivity index (χ0n) is 9.63. The van der Waals surface area contributed by atoms with Gasteiger partial charge in [0.15, 0.2) is 0 Å². The summed E-state index contributed by atoms with van der Waals surface area (Å²) in [5.74, 6) is 1.04. The topological polar surface area (TPSA) is 33.1 Å². The molecule has 1 aromatic heterocycles. The molecule has 0 amide bonds. The highest BCUT2D eigenvalue weighted by molar-refractivity contribution is 5.38. The molecule has 1 aliphatic rings. The lowest BCUT2D eigenvalue weighted by atomic mass is 9.97. The summed E-state index contributed by atoms with van der Waals surface area (Å²) in [4.78, 5) is 4.04. The number of nitrogens with zero attached hydrogens (tertiary/aromatic N) is 1. The molecule has 86 valence electrons. The number of fused-ring (bicyclic) bond motifs is 1. The molecule has 0 fully saturated rings. The van der Waals surface area contributed by atoms with Crippen LogP contribution < -0.4 is 0 Å². The first-order valence-corrected chi connectivity index (χ1v) is 6.01. The molecular formula is C15H15NO. The standard InChI is InChI=1S/C15H15NO/c17-15-2-1-13-8-12(9-14(13)10-15)7-11-3-5-16-6-4-11/h1-6,10,12,17H,7-9H2/t12-/m0/s1. The van der Waals surface area contributed by atoms with Crippen molar-refractivity contribution in [3.05, 3.63) is 59.4 Å². The van der Waals surface area contributed by atoms with Gasteiger partial charge in [0, 0.05) is 12.4 Å². The van der Waals surface area contributed by atoms with Crippen molar-refractivity contribution in [1.29, 1.82) is 0 Å². The fourth-order valence-electron chi connectivity index (χ4n) is 2.69. The summed E-state index contributed by atoms with van der Waals surface area (Å²) in [5, 5.41) is 9.46. The van der Waals surface area contributed by atoms with E-state index in [1.165, 1.54) is 16.7 Å². The second kappa shape index (κ2) is 4.21. The van der Waals surface area contributed by atoms with Crippen LogP contribution >= 0.6 is 0 Å². The molecular weight excluding hydrogens is 210 g/mol. The Kier molecular flexibility index (Phi) is 2.56. The molecule has 2 nitrogen and oxygen atoms in total. The van der Waals surface area contributed by atoms with E-state index < -0.39 is 0 Å². The Morgan fingerprint density at radius 3 is 2.65 bits per heavy atom. The highest BCUT2D eigenvalue weighted by atomic mass is 16.3. The maximum atomic E-state index is 9.46. The van der Waals surface area contributed by atoms with Gasteiger partial charge in [-0.05, 0) is 66.1 Å². The van der Waals surface area contributed by atoms with E-state index in [1.807, 2.05) is 18.5 Å². The van der Waals surface area contributed by atoms with Crippen LogP contribution in [-0.2, 0) is 19.3 Å². The quantitative estimate of drug-likeness (QED) is 0.852. The van der Waals surface area contributed by atoms with E-state index in [4.69, 9.17) is 0 Å². The number of aromatic nitrogens is 1. The summed E-state index contributed by atoms with van der Waals surface area (Å²) in [6.07, 6.45) is 6.99. The second-order valence-corrected chi connectivity index (χ2v) is 4.79. The predicted octanol–water partition coefficient (Wildman–Crippen LogP) is 2.74. The van der Waals surface area contributed by atoms with Gasteiger partial charge in [0.1, 0.15) is 5.75 Å². The molecule has 1 heterocycles. The van der Waals surface area contributed by atoms with Crippen LogP contribution in [0.2, 0.25) is 0 Å². The third-order valence-electron chi connectivity index (χ3n) is 3.48. The van der Waals surface area contributed by atoms with E-state index in [2.05, 4.69) is 23.2 Å². The maximum absolute atomic E-state index is 9.46. The third kappa shape index (κ3) is 2.16. The van der Waals surface area contributed by atoms with E-state index >= 15 is 0 Å². The Balaban J connectivity index is 1.74. The minimum absolute atomic E-state index is 0.383. The molecule has 17 heavy (non-hydrogen) atoms. The molecule has 0 spiro atoms. The van der Waals surface area contributed by atoms with E-state index in [0.717, 1.165) is 19.3 Å². The zero-order chi connectivity index (χ0) is 11.7. The van der Waals surface area contributed by atoms with Crippen molar-refractivity contribution in [2.45, 2.75) is 19.3 Å². The van der Waals surface area contributed by atoms with Crippen molar-refractivity contribution in [1.82, 2.24) is 4.98 Å². The number of benzene rings is 1. The molecule has 3 rings (SSSR count). The number of rotatable bonds is 2. The summed E-state index contributed by atoms with van der Waals surface area (Å²) >= 11 is 0. The van der Waals surface area contributed by atoms with Gasteiger partial charge >= 0.3 is 0 Å². The molecule has 2 aromatic rings. The van der Waals surface area contributed by atoms with Crippen LogP contribution in [0.15, 0.2) is 42.7 Å². The normalized spacial score (nSPS) is 18.0. The van der Waals surface area contributed by atoms with Crippen LogP contribution in [0.3, 0.4) is 0 Å². The van der Waals surface area contributed by atoms with Crippen molar-refractivity contribution in [2.75, 3.05) is 0 Å². The number of phenols is 1. The average molecular weight is 225 g/mol. The fraction of sp³-hybridized carbons (Fsp3) is 0.267. The lowest BCUT2D eigenvalue weighted by Crippen LogP contribution is -2.03. The van der Waals surface area contributed by atoms with E-state index in [-0.39, 0.29) is 0 Å². The number of aromatic hydroxyl groups is 1. The van der Waals surface area contributed by atoms with E-state index in [1.54, 1.807) is 6.07 Å². The Morgan fingerprint density at radius 1 is 1.06 bits per heavy atom. The molecule has 1 aliphatic carbocycles. The Morgan fingerprint density at radius 2 is 1.82 bits per heavy atom. The lowest BCUT2D eigenvalue weighted by molar-refractivity contribution is 0.474. The molecule has 2 heteroatoms. The first kappa shape index (κ1) is 10.3. The van der Waals surface area contributed by atoms with Gasteiger partial charge in [-0.2, -0.15) is 0 Å². The van der Waals surface area contributed by atoms with Crippen LogP contribution in [0.1, 0.15) is 16.7 Å². The summed E-state index contributed by atoms with van der Waals surface area (Å²) in [7, 11) is 0. The SMILES string of the molecule is Oc1ccc2c(c1)C[C@@H](Cc1ccncc1)C2. The summed E-state index contributed by atoms with van der Waals surface area (Å²) in [5.41, 5.74) is 4.05. The minimum atomic E-state index is 0.383. The molecule has 1 aromatic carbocycles. The second-order valence-electron chi connectivity index (χ2n) is 4.79. The van der Waals surface area contributed by atoms with E-state index in [9.17, 15) is 5.11 Å². The molecule has 0 saturated heterocycles. The molecule has 0 aliphatic heterocycles. The van der Waals surface area contributed by atoms with Gasteiger partial charge in [-0.15, -0.1) is 0 Å². The van der Waals surface area contributed by atoms with Crippen LogP contribution in [-0.4, -0.2) is 10.1 Å². The first-order valence-electron chi connectivity index (χ1n) is 6.01. The van der Waals surface area contributed by atoms with Crippen LogP contribution in [0, 0.1) is 5.92 Å². The largest absolute Gasteiger partial charge is 0.508 e. The lowest BCUT2D eigenvalue weighted by Gasteiger charge is -2.08. The van der Waals surface area contributed by atoms with Crippen molar-refractivity contribution < 1.29 is 5.11 Å². The van der Waals surface area contributed by atoms with Crippen LogP contribution in [0.25, 0.3) is 0 Å². The summed E-state index contributed by atoms with van der Waals surface area (Å²) in [6, 6.07) is 9.91. The molecule has 0 unspecified atom stereocenters. The monoisotopic (exact) mass is 225 g/mol. The molecule has 0 bridgehead atoms. The smallest absolute Gasteiger partial charge is 0.115 e. The highest BCUT2D eigenvalue weighted by Crippen LogP contribution is 2.31. The molecule has 1 N–H and O–H groups in total. The van der Waals surface area contributed by atoms with Gasteiger partial charge in [0.2, 0.25) is 0 Å². The van der Waals surface area contributed by atoms with Gasteiger partial charge in [-0.25, -0.2) is 0 Å². The van der Waals surface area contributed by atoms with E-state index in [0.29, 0.717) is 11.7 Å². The number of phenolic OH excluding ortho intramolecular Hbond substituents is 1. The predicted molar refractivity (Wildman–Crippen MR) is 66.9 cm³/mol. The van der Waals surface area contributed by atoms with Crippen molar-refractivity contribution in [3.8, 4) is 5.75 Å². The Bertz CT molecular complexity index is 522. The van der Waals surface area contributed by atoms with Crippen molar-refractivity contribution in [2.24, 2.45) is 5.92 Å². The minimum Gasteiger partial charge on any atom is -0.508 e. The van der Waals surface area contributed by atoms with Crippen molar-refractivity contribution in [3.63, 3.8) is 0 Å². The number of pyridine rings is 1. The van der Waals surface area contributed by atoms with Gasteiger partial charge in [0.25, 0.3) is 0 Å². The summed E-state index contributed by atoms with van der Waals surface area (Å²) < 4.78 is 0. The van der Waals surface area contributed by atoms with Gasteiger partial charge in [-0.3, -0.25) is 4.98 Å². The van der Waals surface area contributed by atoms with Gasteiger partial charge in [0.05, 0.1) is 0 Å². The van der Waals surface area contributed by atoms with Crippen LogP contribution in [0.5, 0.6) is 5.75 Å². The Labute approximate surface area is 101 Å². The number of hydrogen-bond acceptors (Lipinski definition) is 2. The van der Waals surface area contributed by atoms with Gasteiger partial charge < -0.3 is 5.11 Å². The van der Waals surface area contributed by atoms with Crippen LogP contribution in [0.4, 0.5) is 0 Å². The zero-order valence-corrected chi connectivity index (χ0v) is 9.63. The first-order chi connectivity index (χ1) is 8.31. The Hall–Kier alpha value is -1.83. The van der Waals surface area contributed by atoms with Crippen molar-refractivity contribution >= 4 is 0 Å². The molecule has 0 saturated carbocycles. The average Bonchev–Trinajstić information content (AvgIpc) is 2.71. The molecule has 0 radical (unpaired) electrons. The summed E-state index contributed by atoms with van der Waals surface area (Å²) in [6.45, 7) is 0. The number of hydrogen-bond donors (Lipinski definition) is 1. The third-order valence-corrected chi connectivity index (χ3v) is 3.48. The molecule has 1 atom stereocenters. The maximum Gasteiger partial charge on any atom is 0.115 e. The van der Waals surface area contributed by atoms with Gasteiger partial charge in [-0.1, -0.05) is 6.07 Å². The highest BCUT2D eigenvalue weighted by Gasteiger charge is 2.21. The fourth-order valence-corrected chi connectivity index (χ4v) is 2.69.